The Morgan fingerprint density at radius 1 is 1.09 bits per heavy atom. The molecule has 3 fully saturated rings. The zero-order valence-corrected chi connectivity index (χ0v) is 18.9. The van der Waals surface area contributed by atoms with Crippen LogP contribution in [0.2, 0.25) is 0 Å². The van der Waals surface area contributed by atoms with E-state index in [4.69, 9.17) is 15.5 Å². The molecule has 2 N–H and O–H groups in total. The lowest BCUT2D eigenvalue weighted by molar-refractivity contribution is -0.0494. The van der Waals surface area contributed by atoms with Crippen LogP contribution in [0, 0.1) is 0 Å². The van der Waals surface area contributed by atoms with Crippen molar-refractivity contribution in [3.8, 4) is 17.0 Å². The predicted molar refractivity (Wildman–Crippen MR) is 121 cm³/mol. The summed E-state index contributed by atoms with van der Waals surface area (Å²) in [6, 6.07) is 3.78. The van der Waals surface area contributed by atoms with E-state index in [1.807, 2.05) is 11.0 Å². The Hall–Kier alpha value is -2.66. The topological polar surface area (TPSA) is 89.6 Å². The van der Waals surface area contributed by atoms with Crippen LogP contribution in [0.1, 0.15) is 37.3 Å². The average molecular weight is 479 g/mol. The van der Waals surface area contributed by atoms with Crippen molar-refractivity contribution < 1.29 is 22.6 Å². The number of alkyl halides is 3. The molecule has 0 amide bonds. The molecule has 34 heavy (non-hydrogen) atoms. The van der Waals surface area contributed by atoms with E-state index in [0.717, 1.165) is 51.3 Å². The molecular weight excluding hydrogens is 449 g/mol. The number of halogens is 3. The van der Waals surface area contributed by atoms with Gasteiger partial charge in [0.1, 0.15) is 6.17 Å². The summed E-state index contributed by atoms with van der Waals surface area (Å²) in [5.41, 5.74) is 7.62. The van der Waals surface area contributed by atoms with E-state index in [1.165, 1.54) is 12.3 Å². The van der Waals surface area contributed by atoms with E-state index < -0.39 is 12.8 Å². The van der Waals surface area contributed by atoms with Crippen LogP contribution >= 0.6 is 0 Å². The number of nitrogens with zero attached hydrogens (tertiary/aromatic N) is 5. The number of anilines is 2. The van der Waals surface area contributed by atoms with Crippen LogP contribution in [-0.2, 0) is 4.74 Å². The van der Waals surface area contributed by atoms with Crippen molar-refractivity contribution in [2.45, 2.75) is 50.4 Å². The maximum absolute atomic E-state index is 13.9. The van der Waals surface area contributed by atoms with Gasteiger partial charge in [-0.05, 0) is 37.8 Å². The molecule has 2 aliphatic heterocycles. The molecule has 184 valence electrons. The second-order valence-electron chi connectivity index (χ2n) is 9.11. The van der Waals surface area contributed by atoms with Gasteiger partial charge in [0.05, 0.1) is 25.5 Å². The van der Waals surface area contributed by atoms with Crippen LogP contribution in [0.4, 0.5) is 24.9 Å². The fourth-order valence-electron chi connectivity index (χ4n) is 5.14. The van der Waals surface area contributed by atoms with Crippen LogP contribution in [0.15, 0.2) is 18.3 Å². The largest absolute Gasteiger partial charge is 0.431 e. The van der Waals surface area contributed by atoms with Gasteiger partial charge in [0, 0.05) is 49.0 Å². The van der Waals surface area contributed by atoms with Crippen molar-refractivity contribution >= 4 is 11.8 Å². The lowest BCUT2D eigenvalue weighted by Crippen LogP contribution is -2.42. The van der Waals surface area contributed by atoms with Gasteiger partial charge >= 0.3 is 6.61 Å². The van der Waals surface area contributed by atoms with Crippen LogP contribution in [0.5, 0.6) is 5.75 Å². The van der Waals surface area contributed by atoms with Crippen LogP contribution < -0.4 is 15.4 Å². The molecule has 0 bridgehead atoms. The highest BCUT2D eigenvalue weighted by atomic mass is 19.3. The molecule has 3 atom stereocenters. The fraction of sp³-hybridized carbons (Fsp3) is 0.609. The predicted octanol–water partition coefficient (Wildman–Crippen LogP) is 3.24. The lowest BCUT2D eigenvalue weighted by atomic mass is 10.0. The summed E-state index contributed by atoms with van der Waals surface area (Å²) in [7, 11) is 0. The molecule has 2 aromatic rings. The van der Waals surface area contributed by atoms with Gasteiger partial charge in [0.25, 0.3) is 0 Å². The highest BCUT2D eigenvalue weighted by molar-refractivity contribution is 5.65. The lowest BCUT2D eigenvalue weighted by Gasteiger charge is -2.32. The number of rotatable bonds is 6. The zero-order valence-electron chi connectivity index (χ0n) is 18.9. The maximum atomic E-state index is 13.9. The minimum absolute atomic E-state index is 0.123. The third kappa shape index (κ3) is 5.05. The number of nitrogens with two attached hydrogens (primary N) is 1. The van der Waals surface area contributed by atoms with E-state index in [2.05, 4.69) is 19.6 Å². The first-order valence-corrected chi connectivity index (χ1v) is 11.8. The zero-order chi connectivity index (χ0) is 23.7. The van der Waals surface area contributed by atoms with Gasteiger partial charge in [-0.15, -0.1) is 0 Å². The molecule has 1 aliphatic carbocycles. The summed E-state index contributed by atoms with van der Waals surface area (Å²) < 4.78 is 49.6. The Kier molecular flexibility index (Phi) is 6.73. The summed E-state index contributed by atoms with van der Waals surface area (Å²) in [5.74, 6) is 0.362. The SMILES string of the molecule is Nc1ncc(-c2cc(C3CCC(N4CCOCC4)C3)nc(N3CCC(F)C3)n2)cc1OC(F)F. The van der Waals surface area contributed by atoms with Gasteiger partial charge in [0.15, 0.2) is 11.6 Å². The molecule has 4 heterocycles. The maximum Gasteiger partial charge on any atom is 0.387 e. The molecule has 3 unspecified atom stereocenters. The van der Waals surface area contributed by atoms with Crippen LogP contribution in [0.25, 0.3) is 11.3 Å². The molecule has 2 aromatic heterocycles. The van der Waals surface area contributed by atoms with Gasteiger partial charge in [-0.2, -0.15) is 8.78 Å². The second kappa shape index (κ2) is 9.91. The normalized spacial score (nSPS) is 25.9. The summed E-state index contributed by atoms with van der Waals surface area (Å²) in [6.45, 7) is 1.15. The Morgan fingerprint density at radius 2 is 1.91 bits per heavy atom. The average Bonchev–Trinajstić information content (AvgIpc) is 3.50. The molecule has 1 saturated carbocycles. The Balaban J connectivity index is 1.46. The van der Waals surface area contributed by atoms with Crippen molar-refractivity contribution in [3.05, 3.63) is 24.0 Å². The molecule has 0 spiro atoms. The minimum atomic E-state index is -3.02. The van der Waals surface area contributed by atoms with Crippen molar-refractivity contribution in [1.82, 2.24) is 19.9 Å². The first-order valence-electron chi connectivity index (χ1n) is 11.8. The standard InChI is InChI=1S/C23H29F3N6O2/c24-16-3-4-32(13-16)23-29-18(14-1-2-17(9-14)31-5-7-33-8-6-31)11-19(30-23)15-10-20(34-22(25)26)21(27)28-12-15/h10-12,14,16-17,22H,1-9,13H2,(H2,27,28). The first-order chi connectivity index (χ1) is 16.5. The molecule has 3 aliphatic rings. The van der Waals surface area contributed by atoms with E-state index in [1.54, 1.807) is 0 Å². The van der Waals surface area contributed by atoms with E-state index in [-0.39, 0.29) is 24.0 Å². The third-order valence-corrected chi connectivity index (χ3v) is 6.93. The molecule has 8 nitrogen and oxygen atoms in total. The molecule has 0 aromatic carbocycles. The van der Waals surface area contributed by atoms with Crippen LogP contribution in [0.3, 0.4) is 0 Å². The number of pyridine rings is 1. The van der Waals surface area contributed by atoms with E-state index in [0.29, 0.717) is 36.2 Å². The molecular formula is C23H29F3N6O2. The molecule has 5 rings (SSSR count). The van der Waals surface area contributed by atoms with E-state index >= 15 is 0 Å². The number of morpholine rings is 1. The summed E-state index contributed by atoms with van der Waals surface area (Å²) in [6.07, 6.45) is 4.03. The van der Waals surface area contributed by atoms with Gasteiger partial charge in [-0.1, -0.05) is 0 Å². The Morgan fingerprint density at radius 3 is 2.65 bits per heavy atom. The summed E-state index contributed by atoms with van der Waals surface area (Å²) >= 11 is 0. The number of hydrogen-bond acceptors (Lipinski definition) is 8. The highest BCUT2D eigenvalue weighted by Crippen LogP contribution is 2.39. The molecule has 2 saturated heterocycles. The first kappa shape index (κ1) is 23.1. The van der Waals surface area contributed by atoms with Crippen molar-refractivity contribution in [1.29, 1.82) is 0 Å². The minimum Gasteiger partial charge on any atom is -0.431 e. The quantitative estimate of drug-likeness (QED) is 0.677. The molecule has 11 heteroatoms. The van der Waals surface area contributed by atoms with Gasteiger partial charge in [0.2, 0.25) is 5.95 Å². The summed E-state index contributed by atoms with van der Waals surface area (Å²) in [5, 5.41) is 0. The second-order valence-corrected chi connectivity index (χ2v) is 9.11. The molecule has 0 radical (unpaired) electrons. The smallest absolute Gasteiger partial charge is 0.387 e. The fourth-order valence-corrected chi connectivity index (χ4v) is 5.14. The van der Waals surface area contributed by atoms with Crippen molar-refractivity contribution in [2.75, 3.05) is 50.0 Å². The van der Waals surface area contributed by atoms with E-state index in [9.17, 15) is 13.2 Å². The van der Waals surface area contributed by atoms with Crippen molar-refractivity contribution in [3.63, 3.8) is 0 Å². The monoisotopic (exact) mass is 478 g/mol. The summed E-state index contributed by atoms with van der Waals surface area (Å²) in [4.78, 5) is 17.8. The van der Waals surface area contributed by atoms with Crippen molar-refractivity contribution in [2.24, 2.45) is 0 Å². The number of aromatic nitrogens is 3. The van der Waals surface area contributed by atoms with Crippen LogP contribution in [-0.4, -0.2) is 78.1 Å². The number of ether oxygens (including phenoxy) is 2. The number of nitrogen functional groups attached to an aromatic ring is 1. The Bertz CT molecular complexity index is 1010. The van der Waals surface area contributed by atoms with Gasteiger partial charge < -0.3 is 20.1 Å². The third-order valence-electron chi connectivity index (χ3n) is 6.93. The Labute approximate surface area is 196 Å². The van der Waals surface area contributed by atoms with Gasteiger partial charge in [-0.3, -0.25) is 4.90 Å². The number of hydrogen-bond donors (Lipinski definition) is 1. The highest BCUT2D eigenvalue weighted by Gasteiger charge is 2.33. The van der Waals surface area contributed by atoms with Gasteiger partial charge in [-0.25, -0.2) is 19.3 Å².